The molecule has 0 saturated heterocycles. The number of nitrogens with zero attached hydrogens (tertiary/aromatic N) is 3. The highest BCUT2D eigenvalue weighted by molar-refractivity contribution is 5.84. The molecule has 4 nitrogen and oxygen atoms in total. The summed E-state index contributed by atoms with van der Waals surface area (Å²) < 4.78 is 5.82. The van der Waals surface area contributed by atoms with E-state index in [2.05, 4.69) is 16.0 Å². The molecule has 3 rings (SSSR count). The average Bonchev–Trinajstić information content (AvgIpc) is 2.53. The monoisotopic (exact) mass is 261 g/mol. The Labute approximate surface area is 116 Å². The van der Waals surface area contributed by atoms with Crippen LogP contribution in [0.4, 0.5) is 0 Å². The van der Waals surface area contributed by atoms with Gasteiger partial charge in [0, 0.05) is 23.3 Å². The molecular weight excluding hydrogens is 250 g/mol. The van der Waals surface area contributed by atoms with Gasteiger partial charge in [-0.2, -0.15) is 5.26 Å². The fraction of sp³-hybridized carbons (Fsp3) is 0.0625. The maximum atomic E-state index is 9.01. The number of benzene rings is 1. The summed E-state index contributed by atoms with van der Waals surface area (Å²) in [4.78, 5) is 8.30. The van der Waals surface area contributed by atoms with Crippen molar-refractivity contribution in [1.82, 2.24) is 9.97 Å². The Morgan fingerprint density at radius 1 is 1.00 bits per heavy atom. The topological polar surface area (TPSA) is 58.8 Å². The summed E-state index contributed by atoms with van der Waals surface area (Å²) in [6.07, 6.45) is 3.35. The van der Waals surface area contributed by atoms with Crippen molar-refractivity contribution in [2.24, 2.45) is 0 Å². The van der Waals surface area contributed by atoms with Gasteiger partial charge in [0.2, 0.25) is 0 Å². The third-order valence-electron chi connectivity index (χ3n) is 2.99. The van der Waals surface area contributed by atoms with Crippen molar-refractivity contribution in [3.8, 4) is 11.8 Å². The minimum atomic E-state index is 0.310. The van der Waals surface area contributed by atoms with E-state index in [1.165, 1.54) is 0 Å². The van der Waals surface area contributed by atoms with E-state index in [0.29, 0.717) is 12.3 Å². The molecule has 96 valence electrons. The molecule has 0 N–H and O–H groups in total. The van der Waals surface area contributed by atoms with E-state index in [-0.39, 0.29) is 0 Å². The van der Waals surface area contributed by atoms with Gasteiger partial charge in [-0.25, -0.2) is 4.98 Å². The van der Waals surface area contributed by atoms with Crippen molar-refractivity contribution < 1.29 is 4.74 Å². The molecule has 0 aliphatic carbocycles. The van der Waals surface area contributed by atoms with Crippen LogP contribution in [0.5, 0.6) is 5.75 Å². The van der Waals surface area contributed by atoms with Crippen LogP contribution in [0.3, 0.4) is 0 Å². The fourth-order valence-corrected chi connectivity index (χ4v) is 2.01. The number of nitriles is 1. The number of hydrogen-bond acceptors (Lipinski definition) is 4. The van der Waals surface area contributed by atoms with E-state index >= 15 is 0 Å². The van der Waals surface area contributed by atoms with Gasteiger partial charge >= 0.3 is 0 Å². The zero-order valence-electron chi connectivity index (χ0n) is 10.7. The second-order valence-corrected chi connectivity index (χ2v) is 4.24. The number of fused-ring (bicyclic) bond motifs is 1. The van der Waals surface area contributed by atoms with Crippen LogP contribution < -0.4 is 4.74 Å². The molecule has 0 unspecified atom stereocenters. The second kappa shape index (κ2) is 5.37. The lowest BCUT2D eigenvalue weighted by Crippen LogP contribution is -2.00. The van der Waals surface area contributed by atoms with Crippen LogP contribution in [0.2, 0.25) is 0 Å². The van der Waals surface area contributed by atoms with Gasteiger partial charge in [0.1, 0.15) is 24.1 Å². The van der Waals surface area contributed by atoms with E-state index < -0.39 is 0 Å². The third kappa shape index (κ3) is 2.29. The predicted octanol–water partition coefficient (Wildman–Crippen LogP) is 3.08. The van der Waals surface area contributed by atoms with Crippen molar-refractivity contribution in [2.75, 3.05) is 0 Å². The Morgan fingerprint density at radius 3 is 2.75 bits per heavy atom. The van der Waals surface area contributed by atoms with Gasteiger partial charge in [0.05, 0.1) is 5.52 Å². The Kier molecular flexibility index (Phi) is 3.25. The van der Waals surface area contributed by atoms with Gasteiger partial charge in [-0.1, -0.05) is 12.1 Å². The van der Waals surface area contributed by atoms with E-state index in [4.69, 9.17) is 10.00 Å². The maximum absolute atomic E-state index is 9.01. The highest BCUT2D eigenvalue weighted by atomic mass is 16.5. The molecule has 20 heavy (non-hydrogen) atoms. The van der Waals surface area contributed by atoms with Crippen LogP contribution in [-0.2, 0) is 6.61 Å². The molecule has 0 bridgehead atoms. The Morgan fingerprint density at radius 2 is 1.85 bits per heavy atom. The molecule has 3 aromatic rings. The first-order valence-electron chi connectivity index (χ1n) is 6.19. The molecule has 2 aromatic heterocycles. The zero-order valence-corrected chi connectivity index (χ0v) is 10.7. The van der Waals surface area contributed by atoms with Crippen molar-refractivity contribution in [3.63, 3.8) is 0 Å². The summed E-state index contributed by atoms with van der Waals surface area (Å²) in [6, 6.07) is 15.3. The number of rotatable bonds is 3. The lowest BCUT2D eigenvalue weighted by molar-refractivity contribution is 0.309. The van der Waals surface area contributed by atoms with Gasteiger partial charge in [0.25, 0.3) is 0 Å². The summed E-state index contributed by atoms with van der Waals surface area (Å²) >= 11 is 0. The number of ether oxygens (including phenoxy) is 1. The van der Waals surface area contributed by atoms with Crippen molar-refractivity contribution in [3.05, 3.63) is 66.1 Å². The quantitative estimate of drug-likeness (QED) is 0.727. The van der Waals surface area contributed by atoms with Crippen molar-refractivity contribution in [1.29, 1.82) is 5.26 Å². The predicted molar refractivity (Wildman–Crippen MR) is 75.0 cm³/mol. The molecule has 0 amide bonds. The van der Waals surface area contributed by atoms with Crippen LogP contribution in [-0.4, -0.2) is 9.97 Å². The fourth-order valence-electron chi connectivity index (χ4n) is 2.01. The number of hydrogen-bond donors (Lipinski definition) is 0. The molecule has 0 fully saturated rings. The third-order valence-corrected chi connectivity index (χ3v) is 2.99. The van der Waals surface area contributed by atoms with Crippen LogP contribution in [0, 0.1) is 11.3 Å². The average molecular weight is 261 g/mol. The summed E-state index contributed by atoms with van der Waals surface area (Å²) in [7, 11) is 0. The summed E-state index contributed by atoms with van der Waals surface area (Å²) in [6.45, 7) is 0.310. The van der Waals surface area contributed by atoms with E-state index in [1.807, 2.05) is 36.4 Å². The first-order chi connectivity index (χ1) is 9.88. The van der Waals surface area contributed by atoms with Gasteiger partial charge in [-0.15, -0.1) is 0 Å². The van der Waals surface area contributed by atoms with Crippen molar-refractivity contribution >= 4 is 10.9 Å². The Bertz CT molecular complexity index is 788. The highest BCUT2D eigenvalue weighted by Gasteiger charge is 2.06. The summed E-state index contributed by atoms with van der Waals surface area (Å²) in [5, 5.41) is 9.97. The largest absolute Gasteiger partial charge is 0.488 e. The smallest absolute Gasteiger partial charge is 0.147 e. The SMILES string of the molecule is N#Cc1ncccc1COc1cccc2ncccc12. The molecule has 0 saturated carbocycles. The van der Waals surface area contributed by atoms with Gasteiger partial charge < -0.3 is 4.74 Å². The van der Waals surface area contributed by atoms with Crippen LogP contribution in [0.15, 0.2) is 54.9 Å². The summed E-state index contributed by atoms with van der Waals surface area (Å²) in [5.74, 6) is 0.753. The highest BCUT2D eigenvalue weighted by Crippen LogP contribution is 2.24. The van der Waals surface area contributed by atoms with Crippen LogP contribution in [0.1, 0.15) is 11.3 Å². The molecule has 0 radical (unpaired) electrons. The second-order valence-electron chi connectivity index (χ2n) is 4.24. The number of pyridine rings is 2. The van der Waals surface area contributed by atoms with E-state index in [9.17, 15) is 0 Å². The molecule has 4 heteroatoms. The van der Waals surface area contributed by atoms with Crippen molar-refractivity contribution in [2.45, 2.75) is 6.61 Å². The van der Waals surface area contributed by atoms with Crippen LogP contribution >= 0.6 is 0 Å². The molecular formula is C16H11N3O. The Balaban J connectivity index is 1.89. The van der Waals surface area contributed by atoms with Gasteiger partial charge in [0.15, 0.2) is 0 Å². The zero-order chi connectivity index (χ0) is 13.8. The molecule has 0 aliphatic heterocycles. The molecule has 2 heterocycles. The minimum absolute atomic E-state index is 0.310. The molecule has 0 spiro atoms. The standard InChI is InChI=1S/C16H11N3O/c17-10-15-12(4-2-8-19-15)11-20-16-7-1-6-14-13(16)5-3-9-18-14/h1-9H,11H2. The first kappa shape index (κ1) is 12.1. The first-order valence-corrected chi connectivity index (χ1v) is 6.19. The molecule has 0 atom stereocenters. The molecule has 1 aromatic carbocycles. The minimum Gasteiger partial charge on any atom is -0.488 e. The van der Waals surface area contributed by atoms with Gasteiger partial charge in [-0.05, 0) is 30.3 Å². The van der Waals surface area contributed by atoms with Crippen LogP contribution in [0.25, 0.3) is 10.9 Å². The maximum Gasteiger partial charge on any atom is 0.147 e. The lowest BCUT2D eigenvalue weighted by Gasteiger charge is -2.09. The van der Waals surface area contributed by atoms with Gasteiger partial charge in [-0.3, -0.25) is 4.98 Å². The lowest BCUT2D eigenvalue weighted by atomic mass is 10.2. The Hall–Kier alpha value is -2.93. The molecule has 0 aliphatic rings. The van der Waals surface area contributed by atoms with E-state index in [1.54, 1.807) is 18.5 Å². The normalized spacial score (nSPS) is 10.2. The summed E-state index contributed by atoms with van der Waals surface area (Å²) in [5.41, 5.74) is 2.05. The van der Waals surface area contributed by atoms with E-state index in [0.717, 1.165) is 22.2 Å². The number of aromatic nitrogens is 2.